The molecule has 1 heterocycles. The van der Waals surface area contributed by atoms with Crippen LogP contribution < -0.4 is 10.1 Å². The van der Waals surface area contributed by atoms with E-state index in [1.54, 1.807) is 7.11 Å². The Morgan fingerprint density at radius 2 is 2.05 bits per heavy atom. The molecule has 0 amide bonds. The standard InChI is InChI=1S/C16H22N2O2/c1-12-10-15(17-8-4-3-5-9-19)14-7-6-13(20-2)11-16(14)18-12/h6-7,10-11,19H,3-5,8-9H2,1-2H3,(H,17,18). The van der Waals surface area contributed by atoms with Crippen molar-refractivity contribution in [2.75, 3.05) is 25.6 Å². The Balaban J connectivity index is 2.15. The van der Waals surface area contributed by atoms with E-state index in [1.807, 2.05) is 25.1 Å². The van der Waals surface area contributed by atoms with Gasteiger partial charge in [0.2, 0.25) is 0 Å². The summed E-state index contributed by atoms with van der Waals surface area (Å²) in [4.78, 5) is 4.55. The number of benzene rings is 1. The number of aliphatic hydroxyl groups is 1. The molecule has 0 saturated heterocycles. The van der Waals surface area contributed by atoms with Crippen LogP contribution in [0.3, 0.4) is 0 Å². The van der Waals surface area contributed by atoms with Crippen molar-refractivity contribution in [2.24, 2.45) is 0 Å². The molecule has 0 aliphatic carbocycles. The molecule has 0 aliphatic heterocycles. The van der Waals surface area contributed by atoms with E-state index in [2.05, 4.69) is 16.4 Å². The van der Waals surface area contributed by atoms with Gasteiger partial charge in [0, 0.05) is 36.0 Å². The number of rotatable bonds is 7. The fourth-order valence-corrected chi connectivity index (χ4v) is 2.25. The smallest absolute Gasteiger partial charge is 0.121 e. The molecule has 0 atom stereocenters. The van der Waals surface area contributed by atoms with Crippen molar-refractivity contribution in [2.45, 2.75) is 26.2 Å². The van der Waals surface area contributed by atoms with E-state index in [0.717, 1.165) is 53.8 Å². The lowest BCUT2D eigenvalue weighted by Gasteiger charge is -2.11. The molecule has 20 heavy (non-hydrogen) atoms. The van der Waals surface area contributed by atoms with Crippen LogP contribution in [0.1, 0.15) is 25.0 Å². The third kappa shape index (κ3) is 3.61. The summed E-state index contributed by atoms with van der Waals surface area (Å²) in [6.45, 7) is 3.18. The highest BCUT2D eigenvalue weighted by molar-refractivity contribution is 5.92. The van der Waals surface area contributed by atoms with Crippen LogP contribution in [-0.4, -0.2) is 30.4 Å². The van der Waals surface area contributed by atoms with Gasteiger partial charge in [0.25, 0.3) is 0 Å². The number of unbranched alkanes of at least 4 members (excludes halogenated alkanes) is 2. The monoisotopic (exact) mass is 274 g/mol. The first kappa shape index (κ1) is 14.6. The number of ether oxygens (including phenoxy) is 1. The molecule has 0 aliphatic rings. The van der Waals surface area contributed by atoms with E-state index in [0.29, 0.717) is 0 Å². The first-order valence-corrected chi connectivity index (χ1v) is 7.04. The van der Waals surface area contributed by atoms with Gasteiger partial charge in [0.15, 0.2) is 0 Å². The summed E-state index contributed by atoms with van der Waals surface area (Å²) in [6.07, 6.45) is 2.97. The van der Waals surface area contributed by atoms with E-state index in [9.17, 15) is 0 Å². The third-order valence-electron chi connectivity index (χ3n) is 3.30. The lowest BCUT2D eigenvalue weighted by atomic mass is 10.1. The average Bonchev–Trinajstić information content (AvgIpc) is 2.46. The molecule has 2 rings (SSSR count). The predicted octanol–water partition coefficient (Wildman–Crippen LogP) is 3.13. The number of aromatic nitrogens is 1. The first-order chi connectivity index (χ1) is 9.74. The quantitative estimate of drug-likeness (QED) is 0.762. The second-order valence-corrected chi connectivity index (χ2v) is 4.91. The topological polar surface area (TPSA) is 54.4 Å². The van der Waals surface area contributed by atoms with Crippen molar-refractivity contribution >= 4 is 16.6 Å². The van der Waals surface area contributed by atoms with Crippen molar-refractivity contribution in [3.8, 4) is 5.75 Å². The Morgan fingerprint density at radius 1 is 1.20 bits per heavy atom. The molecule has 2 aromatic rings. The van der Waals surface area contributed by atoms with Crippen LogP contribution in [0.25, 0.3) is 10.9 Å². The number of nitrogens with one attached hydrogen (secondary N) is 1. The van der Waals surface area contributed by atoms with Crippen molar-refractivity contribution in [3.05, 3.63) is 30.0 Å². The maximum absolute atomic E-state index is 8.77. The minimum Gasteiger partial charge on any atom is -0.497 e. The average molecular weight is 274 g/mol. The number of aliphatic hydroxyl groups excluding tert-OH is 1. The maximum atomic E-state index is 8.77. The molecule has 4 nitrogen and oxygen atoms in total. The van der Waals surface area contributed by atoms with Crippen LogP contribution in [0.5, 0.6) is 5.75 Å². The largest absolute Gasteiger partial charge is 0.497 e. The highest BCUT2D eigenvalue weighted by Gasteiger charge is 2.05. The molecule has 0 radical (unpaired) electrons. The van der Waals surface area contributed by atoms with Gasteiger partial charge < -0.3 is 15.2 Å². The van der Waals surface area contributed by atoms with Crippen LogP contribution in [-0.2, 0) is 0 Å². The van der Waals surface area contributed by atoms with Crippen molar-refractivity contribution < 1.29 is 9.84 Å². The van der Waals surface area contributed by atoms with Gasteiger partial charge in [0.1, 0.15) is 5.75 Å². The van der Waals surface area contributed by atoms with Crippen LogP contribution in [0.2, 0.25) is 0 Å². The molecule has 2 N–H and O–H groups in total. The zero-order valence-corrected chi connectivity index (χ0v) is 12.1. The van der Waals surface area contributed by atoms with Crippen molar-refractivity contribution in [3.63, 3.8) is 0 Å². The summed E-state index contributed by atoms with van der Waals surface area (Å²) in [5, 5.41) is 13.3. The van der Waals surface area contributed by atoms with E-state index in [1.165, 1.54) is 0 Å². The van der Waals surface area contributed by atoms with Crippen molar-refractivity contribution in [1.82, 2.24) is 4.98 Å². The number of aryl methyl sites for hydroxylation is 1. The van der Waals surface area contributed by atoms with Gasteiger partial charge in [-0.05, 0) is 44.4 Å². The molecule has 0 bridgehead atoms. The molecule has 1 aromatic carbocycles. The Hall–Kier alpha value is -1.81. The molecule has 4 heteroatoms. The lowest BCUT2D eigenvalue weighted by Crippen LogP contribution is -2.03. The van der Waals surface area contributed by atoms with Crippen LogP contribution in [0.15, 0.2) is 24.3 Å². The summed E-state index contributed by atoms with van der Waals surface area (Å²) >= 11 is 0. The number of anilines is 1. The maximum Gasteiger partial charge on any atom is 0.121 e. The van der Waals surface area contributed by atoms with Crippen LogP contribution >= 0.6 is 0 Å². The number of hydrogen-bond donors (Lipinski definition) is 2. The Bertz CT molecular complexity index is 570. The highest BCUT2D eigenvalue weighted by Crippen LogP contribution is 2.26. The molecule has 0 unspecified atom stereocenters. The summed E-state index contributed by atoms with van der Waals surface area (Å²) in [7, 11) is 1.66. The van der Waals surface area contributed by atoms with E-state index < -0.39 is 0 Å². The summed E-state index contributed by atoms with van der Waals surface area (Å²) < 4.78 is 5.24. The Morgan fingerprint density at radius 3 is 2.80 bits per heavy atom. The minimum atomic E-state index is 0.275. The van der Waals surface area contributed by atoms with E-state index >= 15 is 0 Å². The van der Waals surface area contributed by atoms with Gasteiger partial charge in [-0.3, -0.25) is 4.98 Å². The molecule has 0 spiro atoms. The van der Waals surface area contributed by atoms with Gasteiger partial charge >= 0.3 is 0 Å². The van der Waals surface area contributed by atoms with Gasteiger partial charge in [-0.15, -0.1) is 0 Å². The van der Waals surface area contributed by atoms with Gasteiger partial charge in [-0.1, -0.05) is 0 Å². The highest BCUT2D eigenvalue weighted by atomic mass is 16.5. The number of methoxy groups -OCH3 is 1. The van der Waals surface area contributed by atoms with E-state index in [4.69, 9.17) is 9.84 Å². The number of pyridine rings is 1. The zero-order chi connectivity index (χ0) is 14.4. The summed E-state index contributed by atoms with van der Waals surface area (Å²) in [5.74, 6) is 0.824. The third-order valence-corrected chi connectivity index (χ3v) is 3.30. The number of nitrogens with zero attached hydrogens (tertiary/aromatic N) is 1. The van der Waals surface area contributed by atoms with Crippen LogP contribution in [0, 0.1) is 6.92 Å². The Labute approximate surface area is 119 Å². The summed E-state index contributed by atoms with van der Waals surface area (Å²) in [6, 6.07) is 8.02. The Kier molecular flexibility index (Phi) is 5.18. The normalized spacial score (nSPS) is 10.8. The molecular formula is C16H22N2O2. The minimum absolute atomic E-state index is 0.275. The number of fused-ring (bicyclic) bond motifs is 1. The van der Waals surface area contributed by atoms with Gasteiger partial charge in [0.05, 0.1) is 12.6 Å². The van der Waals surface area contributed by atoms with Crippen molar-refractivity contribution in [1.29, 1.82) is 0 Å². The second-order valence-electron chi connectivity index (χ2n) is 4.91. The summed E-state index contributed by atoms with van der Waals surface area (Å²) in [5.41, 5.74) is 3.05. The SMILES string of the molecule is COc1ccc2c(NCCCCCO)cc(C)nc2c1. The number of hydrogen-bond acceptors (Lipinski definition) is 4. The molecule has 0 fully saturated rings. The second kappa shape index (κ2) is 7.10. The predicted molar refractivity (Wildman–Crippen MR) is 82.5 cm³/mol. The molecule has 0 saturated carbocycles. The molecule has 108 valence electrons. The zero-order valence-electron chi connectivity index (χ0n) is 12.1. The van der Waals surface area contributed by atoms with Gasteiger partial charge in [-0.2, -0.15) is 0 Å². The molecule has 1 aromatic heterocycles. The van der Waals surface area contributed by atoms with Gasteiger partial charge in [-0.25, -0.2) is 0 Å². The fourth-order valence-electron chi connectivity index (χ4n) is 2.25. The van der Waals surface area contributed by atoms with E-state index in [-0.39, 0.29) is 6.61 Å². The molecular weight excluding hydrogens is 252 g/mol. The lowest BCUT2D eigenvalue weighted by molar-refractivity contribution is 0.283. The first-order valence-electron chi connectivity index (χ1n) is 7.04. The fraction of sp³-hybridized carbons (Fsp3) is 0.438. The van der Waals surface area contributed by atoms with Crippen LogP contribution in [0.4, 0.5) is 5.69 Å².